The summed E-state index contributed by atoms with van der Waals surface area (Å²) in [5.74, 6) is -0.411. The van der Waals surface area contributed by atoms with Gasteiger partial charge >= 0.3 is 5.62 Å². The van der Waals surface area contributed by atoms with Crippen LogP contribution in [0.5, 0.6) is 0 Å². The number of rotatable bonds is 6. The molecule has 0 aliphatic heterocycles. The zero-order valence-corrected chi connectivity index (χ0v) is 9.65. The van der Waals surface area contributed by atoms with Crippen LogP contribution in [0.1, 0.15) is 0 Å². The molecule has 0 saturated carbocycles. The van der Waals surface area contributed by atoms with Crippen molar-refractivity contribution in [3.8, 4) is 0 Å². The van der Waals surface area contributed by atoms with Crippen LogP contribution < -0.4 is 10.5 Å². The third-order valence-electron chi connectivity index (χ3n) is 2.31. The normalized spacial score (nSPS) is 10.3. The number of carbonyl (C=O) groups excluding carboxylic acids is 1. The topological polar surface area (TPSA) is 131 Å². The van der Waals surface area contributed by atoms with Gasteiger partial charge in [-0.25, -0.2) is 9.55 Å². The molecule has 1 aromatic rings. The highest BCUT2D eigenvalue weighted by atomic mass is 16.8. The van der Waals surface area contributed by atoms with Gasteiger partial charge in [0.2, 0.25) is 0 Å². The number of aliphatic hydroxyl groups is 2. The first-order chi connectivity index (χ1) is 8.60. The van der Waals surface area contributed by atoms with Crippen molar-refractivity contribution in [2.45, 2.75) is 6.54 Å². The Hall–Kier alpha value is -2.00. The molecule has 0 bridgehead atoms. The quantitative estimate of drug-likeness (QED) is 0.482. The summed E-state index contributed by atoms with van der Waals surface area (Å²) in [6, 6.07) is 0. The molecular weight excluding hydrogens is 244 g/mol. The highest BCUT2D eigenvalue weighted by Crippen LogP contribution is 1.92. The van der Waals surface area contributed by atoms with Gasteiger partial charge in [0.05, 0.1) is 25.6 Å². The minimum atomic E-state index is -0.629. The molecule has 1 rings (SSSR count). The molecule has 0 radical (unpaired) electrons. The Morgan fingerprint density at radius 1 is 1.39 bits per heavy atom. The summed E-state index contributed by atoms with van der Waals surface area (Å²) in [5, 5.41) is 38.8. The van der Waals surface area contributed by atoms with Crippen molar-refractivity contribution in [2.24, 2.45) is 0 Å². The molecule has 18 heavy (non-hydrogen) atoms. The molecule has 102 valence electrons. The summed E-state index contributed by atoms with van der Waals surface area (Å²) >= 11 is 0. The van der Waals surface area contributed by atoms with Gasteiger partial charge in [-0.3, -0.25) is 9.70 Å². The van der Waals surface area contributed by atoms with E-state index in [1.807, 2.05) is 0 Å². The molecular formula is C9H15N4O5-. The predicted octanol–water partition coefficient (Wildman–Crippen LogP) is -2.60. The van der Waals surface area contributed by atoms with E-state index >= 15 is 0 Å². The third kappa shape index (κ3) is 3.50. The first-order valence-corrected chi connectivity index (χ1v) is 5.30. The van der Waals surface area contributed by atoms with Crippen molar-refractivity contribution in [1.29, 1.82) is 0 Å². The minimum Gasteiger partial charge on any atom is -0.744 e. The van der Waals surface area contributed by atoms with Crippen LogP contribution in [0.2, 0.25) is 0 Å². The van der Waals surface area contributed by atoms with E-state index < -0.39 is 10.8 Å². The van der Waals surface area contributed by atoms with Crippen molar-refractivity contribution in [3.05, 3.63) is 28.4 Å². The number of hydrogen-bond acceptors (Lipinski definition) is 5. The summed E-state index contributed by atoms with van der Waals surface area (Å²) < 4.78 is 1.16. The number of aromatic nitrogens is 2. The first-order valence-electron chi connectivity index (χ1n) is 5.30. The Morgan fingerprint density at radius 2 is 2.00 bits per heavy atom. The van der Waals surface area contributed by atoms with Crippen molar-refractivity contribution in [1.82, 2.24) is 19.4 Å². The second-order valence-corrected chi connectivity index (χ2v) is 3.50. The molecule has 0 saturated heterocycles. The SMILES string of the molecule is O=C(Cn1cc[nH]c1=[N+]([O-])[O-])N(CCO)CCO. The molecule has 1 amide bonds. The maximum atomic E-state index is 11.8. The van der Waals surface area contributed by atoms with E-state index in [2.05, 4.69) is 4.98 Å². The highest BCUT2D eigenvalue weighted by molar-refractivity contribution is 5.75. The fraction of sp³-hybridized carbons (Fsp3) is 0.556. The molecule has 0 atom stereocenters. The van der Waals surface area contributed by atoms with Crippen LogP contribution in [-0.4, -0.2) is 56.9 Å². The Bertz CT molecular complexity index is 442. The molecule has 9 nitrogen and oxygen atoms in total. The molecule has 1 heterocycles. The van der Waals surface area contributed by atoms with Gasteiger partial charge in [-0.1, -0.05) is 0 Å². The average molecular weight is 259 g/mol. The highest BCUT2D eigenvalue weighted by Gasteiger charge is 2.15. The standard InChI is InChI=1S/C9H15N4O5/c14-5-3-11(4-6-15)8(16)7-12-2-1-10-9(12)13(17)18/h1-2,10,14-15H,3-7H2/q-1. The Morgan fingerprint density at radius 3 is 2.50 bits per heavy atom. The van der Waals surface area contributed by atoms with Gasteiger partial charge in [0.25, 0.3) is 5.91 Å². The number of nitrogens with zero attached hydrogens (tertiary/aromatic N) is 3. The van der Waals surface area contributed by atoms with Crippen LogP contribution in [0.3, 0.4) is 0 Å². The molecule has 9 heteroatoms. The van der Waals surface area contributed by atoms with E-state index in [0.29, 0.717) is 0 Å². The minimum absolute atomic E-state index is 0.0815. The lowest BCUT2D eigenvalue weighted by Crippen LogP contribution is -2.40. The predicted molar refractivity (Wildman–Crippen MR) is 61.5 cm³/mol. The van der Waals surface area contributed by atoms with E-state index in [0.717, 1.165) is 4.57 Å². The number of imidazole rings is 1. The van der Waals surface area contributed by atoms with Crippen LogP contribution >= 0.6 is 0 Å². The van der Waals surface area contributed by atoms with Crippen LogP contribution in [0.25, 0.3) is 0 Å². The molecule has 1 aromatic heterocycles. The second-order valence-electron chi connectivity index (χ2n) is 3.50. The van der Waals surface area contributed by atoms with E-state index in [-0.39, 0.29) is 38.5 Å². The van der Waals surface area contributed by atoms with Crippen molar-refractivity contribution in [3.63, 3.8) is 0 Å². The maximum absolute atomic E-state index is 11.8. The van der Waals surface area contributed by atoms with Crippen molar-refractivity contribution in [2.75, 3.05) is 26.3 Å². The monoisotopic (exact) mass is 259 g/mol. The fourth-order valence-electron chi connectivity index (χ4n) is 1.49. The summed E-state index contributed by atoms with van der Waals surface area (Å²) in [6.45, 7) is -0.520. The zero-order chi connectivity index (χ0) is 13.5. The first kappa shape index (κ1) is 14.1. The molecule has 0 aliphatic rings. The van der Waals surface area contributed by atoms with Crippen LogP contribution in [0, 0.1) is 10.4 Å². The molecule has 0 aromatic carbocycles. The van der Waals surface area contributed by atoms with Gasteiger partial charge in [-0.15, -0.1) is 0 Å². The molecule has 0 spiro atoms. The van der Waals surface area contributed by atoms with E-state index in [9.17, 15) is 15.2 Å². The van der Waals surface area contributed by atoms with Crippen LogP contribution in [0.4, 0.5) is 0 Å². The number of hydrogen-bond donors (Lipinski definition) is 3. The molecule has 0 aliphatic carbocycles. The largest absolute Gasteiger partial charge is 0.744 e. The average Bonchev–Trinajstić information content (AvgIpc) is 2.77. The zero-order valence-electron chi connectivity index (χ0n) is 9.65. The van der Waals surface area contributed by atoms with Crippen LogP contribution in [-0.2, 0) is 11.3 Å². The number of amides is 1. The van der Waals surface area contributed by atoms with Gasteiger partial charge in [0, 0.05) is 13.1 Å². The maximum Gasteiger partial charge on any atom is 0.358 e. The van der Waals surface area contributed by atoms with Crippen molar-refractivity contribution < 1.29 is 15.0 Å². The number of H-pyrrole nitrogens is 1. The second kappa shape index (κ2) is 6.67. The van der Waals surface area contributed by atoms with Crippen LogP contribution in [0.15, 0.2) is 12.4 Å². The number of carbonyl (C=O) groups is 1. The summed E-state index contributed by atoms with van der Waals surface area (Å²) in [4.78, 5) is 14.8. The number of aromatic amines is 1. The Labute approximate surface area is 102 Å². The third-order valence-corrected chi connectivity index (χ3v) is 2.31. The lowest BCUT2D eigenvalue weighted by molar-refractivity contribution is -0.132. The summed E-state index contributed by atoms with van der Waals surface area (Å²) in [7, 11) is 0. The number of nitrogens with one attached hydrogen (secondary N) is 1. The van der Waals surface area contributed by atoms with Gasteiger partial charge in [-0.05, 0) is 0 Å². The fourth-order valence-corrected chi connectivity index (χ4v) is 1.49. The molecule has 3 N–H and O–H groups in total. The molecule has 0 fully saturated rings. The van der Waals surface area contributed by atoms with Gasteiger partial charge in [0.1, 0.15) is 0 Å². The summed E-state index contributed by atoms with van der Waals surface area (Å²) in [6.07, 6.45) is 2.74. The van der Waals surface area contributed by atoms with E-state index in [1.165, 1.54) is 17.3 Å². The van der Waals surface area contributed by atoms with E-state index in [4.69, 9.17) is 10.2 Å². The smallest absolute Gasteiger partial charge is 0.358 e. The molecule has 0 unspecified atom stereocenters. The van der Waals surface area contributed by atoms with Gasteiger partial charge in [0.15, 0.2) is 6.54 Å². The lowest BCUT2D eigenvalue weighted by Gasteiger charge is -2.20. The lowest BCUT2D eigenvalue weighted by atomic mass is 10.4. The van der Waals surface area contributed by atoms with Gasteiger partial charge < -0.3 is 25.5 Å². The van der Waals surface area contributed by atoms with E-state index in [1.54, 1.807) is 0 Å². The Kier molecular flexibility index (Phi) is 5.21. The number of aliphatic hydroxyl groups excluding tert-OH is 2. The van der Waals surface area contributed by atoms with Crippen molar-refractivity contribution >= 4 is 5.91 Å². The Balaban J connectivity index is 2.79. The van der Waals surface area contributed by atoms with Gasteiger partial charge in [-0.2, -0.15) is 0 Å². The summed E-state index contributed by atoms with van der Waals surface area (Å²) in [5.41, 5.74) is -0.295.